The van der Waals surface area contributed by atoms with Crippen LogP contribution in [-0.2, 0) is 6.54 Å². The van der Waals surface area contributed by atoms with E-state index < -0.39 is 11.6 Å². The van der Waals surface area contributed by atoms with Crippen LogP contribution in [0.15, 0.2) is 12.1 Å². The molecule has 2 rings (SSSR count). The molecule has 118 valence electrons. The summed E-state index contributed by atoms with van der Waals surface area (Å²) in [6, 6.07) is 3.17. The van der Waals surface area contributed by atoms with Gasteiger partial charge >= 0.3 is 0 Å². The number of benzene rings is 1. The number of nitrogens with one attached hydrogen (secondary N) is 1. The SMILES string of the molecule is CCCNCc1cc(F)c(N(C)C2CCCCC2)c(F)c1. The van der Waals surface area contributed by atoms with Gasteiger partial charge in [0.15, 0.2) is 0 Å². The number of hydrogen-bond acceptors (Lipinski definition) is 2. The summed E-state index contributed by atoms with van der Waals surface area (Å²) >= 11 is 0. The molecule has 1 fully saturated rings. The van der Waals surface area contributed by atoms with Gasteiger partial charge in [0.05, 0.1) is 0 Å². The molecule has 0 aliphatic heterocycles. The Hall–Kier alpha value is -1.16. The normalized spacial score (nSPS) is 16.2. The lowest BCUT2D eigenvalue weighted by Gasteiger charge is -2.33. The van der Waals surface area contributed by atoms with E-state index in [2.05, 4.69) is 12.2 Å². The Balaban J connectivity index is 2.12. The fourth-order valence-electron chi connectivity index (χ4n) is 3.12. The summed E-state index contributed by atoms with van der Waals surface area (Å²) in [4.78, 5) is 1.80. The molecule has 0 atom stereocenters. The first kappa shape index (κ1) is 16.2. The first-order valence-corrected chi connectivity index (χ1v) is 8.05. The van der Waals surface area contributed by atoms with Gasteiger partial charge in [-0.3, -0.25) is 0 Å². The van der Waals surface area contributed by atoms with E-state index in [0.717, 1.165) is 38.6 Å². The Morgan fingerprint density at radius 2 is 1.76 bits per heavy atom. The zero-order chi connectivity index (χ0) is 15.2. The lowest BCUT2D eigenvalue weighted by atomic mass is 9.94. The Morgan fingerprint density at radius 1 is 1.14 bits per heavy atom. The molecule has 0 aromatic heterocycles. The van der Waals surface area contributed by atoms with E-state index in [1.54, 1.807) is 4.90 Å². The van der Waals surface area contributed by atoms with Crippen LogP contribution in [-0.4, -0.2) is 19.6 Å². The molecule has 0 amide bonds. The second kappa shape index (κ2) is 7.74. The van der Waals surface area contributed by atoms with Crippen LogP contribution in [0.3, 0.4) is 0 Å². The van der Waals surface area contributed by atoms with E-state index in [4.69, 9.17) is 0 Å². The van der Waals surface area contributed by atoms with Crippen molar-refractivity contribution in [2.24, 2.45) is 0 Å². The van der Waals surface area contributed by atoms with Gasteiger partial charge in [-0.25, -0.2) is 8.78 Å². The zero-order valence-corrected chi connectivity index (χ0v) is 13.1. The maximum absolute atomic E-state index is 14.3. The Morgan fingerprint density at radius 3 is 2.33 bits per heavy atom. The lowest BCUT2D eigenvalue weighted by Crippen LogP contribution is -2.34. The summed E-state index contributed by atoms with van der Waals surface area (Å²) in [5.74, 6) is -0.896. The Bertz CT molecular complexity index is 433. The van der Waals surface area contributed by atoms with E-state index >= 15 is 0 Å². The number of anilines is 1. The van der Waals surface area contributed by atoms with Crippen molar-refractivity contribution in [2.45, 2.75) is 58.0 Å². The van der Waals surface area contributed by atoms with Crippen molar-refractivity contribution in [1.82, 2.24) is 5.32 Å². The Labute approximate surface area is 126 Å². The molecular weight excluding hydrogens is 270 g/mol. The highest BCUT2D eigenvalue weighted by atomic mass is 19.1. The first-order valence-electron chi connectivity index (χ1n) is 8.05. The van der Waals surface area contributed by atoms with Crippen molar-refractivity contribution in [3.63, 3.8) is 0 Å². The van der Waals surface area contributed by atoms with Gasteiger partial charge < -0.3 is 10.2 Å². The van der Waals surface area contributed by atoms with Gasteiger partial charge in [-0.1, -0.05) is 26.2 Å². The van der Waals surface area contributed by atoms with Crippen molar-refractivity contribution in [2.75, 3.05) is 18.5 Å². The van der Waals surface area contributed by atoms with Crippen LogP contribution in [0.1, 0.15) is 51.0 Å². The second-order valence-corrected chi connectivity index (χ2v) is 5.99. The maximum Gasteiger partial charge on any atom is 0.149 e. The molecule has 1 aromatic carbocycles. The molecule has 0 spiro atoms. The van der Waals surface area contributed by atoms with E-state index in [-0.39, 0.29) is 11.7 Å². The third kappa shape index (κ3) is 4.16. The summed E-state index contributed by atoms with van der Waals surface area (Å²) in [7, 11) is 1.81. The largest absolute Gasteiger partial charge is 0.367 e. The summed E-state index contributed by atoms with van der Waals surface area (Å²) < 4.78 is 28.6. The minimum absolute atomic E-state index is 0.126. The number of halogens is 2. The van der Waals surface area contributed by atoms with Crippen molar-refractivity contribution in [3.05, 3.63) is 29.3 Å². The van der Waals surface area contributed by atoms with Crippen LogP contribution in [0.5, 0.6) is 0 Å². The van der Waals surface area contributed by atoms with E-state index in [9.17, 15) is 8.78 Å². The van der Waals surface area contributed by atoms with Gasteiger partial charge in [-0.15, -0.1) is 0 Å². The molecule has 0 bridgehead atoms. The average molecular weight is 296 g/mol. The number of hydrogen-bond donors (Lipinski definition) is 1. The van der Waals surface area contributed by atoms with Crippen LogP contribution in [0.2, 0.25) is 0 Å². The third-order valence-electron chi connectivity index (χ3n) is 4.31. The molecule has 0 saturated heterocycles. The van der Waals surface area contributed by atoms with Gasteiger partial charge in [-0.05, 0) is 43.5 Å². The molecule has 1 aliphatic carbocycles. The minimum atomic E-state index is -0.448. The number of rotatable bonds is 6. The maximum atomic E-state index is 14.3. The highest BCUT2D eigenvalue weighted by Gasteiger charge is 2.23. The smallest absolute Gasteiger partial charge is 0.149 e. The molecular formula is C17H26F2N2. The Kier molecular flexibility index (Phi) is 5.97. The predicted molar refractivity (Wildman–Crippen MR) is 83.6 cm³/mol. The van der Waals surface area contributed by atoms with E-state index in [1.807, 2.05) is 7.05 Å². The van der Waals surface area contributed by atoms with Gasteiger partial charge in [0, 0.05) is 19.6 Å². The van der Waals surface area contributed by atoms with Crippen molar-refractivity contribution < 1.29 is 8.78 Å². The van der Waals surface area contributed by atoms with Gasteiger partial charge in [0.2, 0.25) is 0 Å². The fourth-order valence-corrected chi connectivity index (χ4v) is 3.12. The third-order valence-corrected chi connectivity index (χ3v) is 4.31. The topological polar surface area (TPSA) is 15.3 Å². The van der Waals surface area contributed by atoms with Crippen LogP contribution < -0.4 is 10.2 Å². The molecule has 21 heavy (non-hydrogen) atoms. The fraction of sp³-hybridized carbons (Fsp3) is 0.647. The van der Waals surface area contributed by atoms with Crippen LogP contribution >= 0.6 is 0 Å². The molecule has 2 nitrogen and oxygen atoms in total. The van der Waals surface area contributed by atoms with E-state index in [1.165, 1.54) is 18.6 Å². The minimum Gasteiger partial charge on any atom is -0.367 e. The first-order chi connectivity index (χ1) is 10.1. The van der Waals surface area contributed by atoms with Gasteiger partial charge in [0.1, 0.15) is 17.3 Å². The van der Waals surface area contributed by atoms with Crippen molar-refractivity contribution >= 4 is 5.69 Å². The van der Waals surface area contributed by atoms with Crippen LogP contribution in [0.4, 0.5) is 14.5 Å². The molecule has 1 aliphatic rings. The standard InChI is InChI=1S/C17H26F2N2/c1-3-9-20-12-13-10-15(18)17(16(19)11-13)21(2)14-7-5-4-6-8-14/h10-11,14,20H,3-9,12H2,1-2H3. The average Bonchev–Trinajstić information content (AvgIpc) is 2.47. The number of nitrogens with zero attached hydrogens (tertiary/aromatic N) is 1. The van der Waals surface area contributed by atoms with Crippen molar-refractivity contribution in [3.8, 4) is 0 Å². The summed E-state index contributed by atoms with van der Waals surface area (Å²) in [6.45, 7) is 3.43. The highest BCUT2D eigenvalue weighted by Crippen LogP contribution is 2.30. The van der Waals surface area contributed by atoms with Gasteiger partial charge in [0.25, 0.3) is 0 Å². The predicted octanol–water partition coefficient (Wildman–Crippen LogP) is 4.23. The second-order valence-electron chi connectivity index (χ2n) is 5.99. The molecule has 0 radical (unpaired) electrons. The molecule has 4 heteroatoms. The zero-order valence-electron chi connectivity index (χ0n) is 13.1. The monoisotopic (exact) mass is 296 g/mol. The molecule has 0 unspecified atom stereocenters. The van der Waals surface area contributed by atoms with E-state index in [0.29, 0.717) is 12.1 Å². The highest BCUT2D eigenvalue weighted by molar-refractivity contribution is 5.51. The quantitative estimate of drug-likeness (QED) is 0.790. The van der Waals surface area contributed by atoms with Crippen LogP contribution in [0.25, 0.3) is 0 Å². The summed E-state index contributed by atoms with van der Waals surface area (Å²) in [6.07, 6.45) is 6.59. The molecule has 0 heterocycles. The van der Waals surface area contributed by atoms with Crippen molar-refractivity contribution in [1.29, 1.82) is 0 Å². The summed E-state index contributed by atoms with van der Waals surface area (Å²) in [5.41, 5.74) is 0.792. The van der Waals surface area contributed by atoms with Crippen LogP contribution in [0, 0.1) is 11.6 Å². The lowest BCUT2D eigenvalue weighted by molar-refractivity contribution is 0.420. The molecule has 1 saturated carbocycles. The van der Waals surface area contributed by atoms with Gasteiger partial charge in [-0.2, -0.15) is 0 Å². The summed E-state index contributed by atoms with van der Waals surface area (Å²) in [5, 5.41) is 3.17. The molecule has 1 aromatic rings. The molecule has 1 N–H and O–H groups in total.